The van der Waals surface area contributed by atoms with Crippen LogP contribution in [-0.2, 0) is 4.79 Å². The minimum atomic E-state index is -0.384. The Morgan fingerprint density at radius 2 is 2.44 bits per heavy atom. The van der Waals surface area contributed by atoms with Crippen molar-refractivity contribution in [3.8, 4) is 0 Å². The zero-order chi connectivity index (χ0) is 11.5. The summed E-state index contributed by atoms with van der Waals surface area (Å²) in [6, 6.07) is -0.00304. The van der Waals surface area contributed by atoms with Crippen LogP contribution in [0.3, 0.4) is 0 Å². The van der Waals surface area contributed by atoms with Crippen molar-refractivity contribution >= 4 is 17.8 Å². The standard InChI is InChI=1S/C8H12N6O2/c9-8-12-6(13-14-8)7(16)10-3-4-1-2-5(15)11-4/h4H,1-3H2,(H,10,16)(H,11,15)(H3,9,12,13,14). The van der Waals surface area contributed by atoms with Gasteiger partial charge in [0.2, 0.25) is 17.7 Å². The average Bonchev–Trinajstić information content (AvgIpc) is 2.84. The number of nitrogen functional groups attached to an aromatic ring is 1. The molecule has 0 saturated carbocycles. The van der Waals surface area contributed by atoms with E-state index >= 15 is 0 Å². The van der Waals surface area contributed by atoms with Gasteiger partial charge in [-0.25, -0.2) is 0 Å². The van der Waals surface area contributed by atoms with Gasteiger partial charge < -0.3 is 16.4 Å². The quantitative estimate of drug-likeness (QED) is 0.491. The Bertz CT molecular complexity index is 414. The molecule has 1 aromatic rings. The molecule has 1 atom stereocenters. The van der Waals surface area contributed by atoms with Gasteiger partial charge in [0.05, 0.1) is 0 Å². The highest BCUT2D eigenvalue weighted by Gasteiger charge is 2.21. The SMILES string of the molecule is Nc1n[nH]c(C(=O)NCC2CCC(=O)N2)n1. The molecule has 2 heterocycles. The van der Waals surface area contributed by atoms with Gasteiger partial charge in [0.1, 0.15) is 0 Å². The number of aromatic nitrogens is 3. The van der Waals surface area contributed by atoms with Crippen molar-refractivity contribution in [3.05, 3.63) is 5.82 Å². The molecule has 2 rings (SSSR count). The van der Waals surface area contributed by atoms with Crippen LogP contribution in [0, 0.1) is 0 Å². The smallest absolute Gasteiger partial charge is 0.288 e. The van der Waals surface area contributed by atoms with Gasteiger partial charge in [0, 0.05) is 19.0 Å². The number of carbonyl (C=O) groups excluding carboxylic acids is 2. The Kier molecular flexibility index (Phi) is 2.71. The molecule has 0 radical (unpaired) electrons. The predicted octanol–water partition coefficient (Wildman–Crippen LogP) is -1.60. The highest BCUT2D eigenvalue weighted by molar-refractivity contribution is 5.90. The number of aromatic amines is 1. The maximum absolute atomic E-state index is 11.5. The summed E-state index contributed by atoms with van der Waals surface area (Å²) in [6.07, 6.45) is 1.24. The zero-order valence-electron chi connectivity index (χ0n) is 8.49. The van der Waals surface area contributed by atoms with Gasteiger partial charge >= 0.3 is 0 Å². The third-order valence-electron chi connectivity index (χ3n) is 2.31. The van der Waals surface area contributed by atoms with Gasteiger partial charge in [-0.1, -0.05) is 0 Å². The minimum Gasteiger partial charge on any atom is -0.366 e. The van der Waals surface area contributed by atoms with Gasteiger partial charge in [-0.2, -0.15) is 4.98 Å². The summed E-state index contributed by atoms with van der Waals surface area (Å²) in [5.41, 5.74) is 5.26. The number of H-pyrrole nitrogens is 1. The summed E-state index contributed by atoms with van der Waals surface area (Å²) in [6.45, 7) is 0.380. The van der Waals surface area contributed by atoms with Gasteiger partial charge in [-0.15, -0.1) is 5.10 Å². The van der Waals surface area contributed by atoms with Crippen molar-refractivity contribution in [2.45, 2.75) is 18.9 Å². The number of anilines is 1. The monoisotopic (exact) mass is 224 g/mol. The molecule has 1 aliphatic heterocycles. The molecule has 1 fully saturated rings. The lowest BCUT2D eigenvalue weighted by atomic mass is 10.2. The second kappa shape index (κ2) is 4.17. The Morgan fingerprint density at radius 1 is 1.62 bits per heavy atom. The van der Waals surface area contributed by atoms with Gasteiger partial charge in [-0.05, 0) is 6.42 Å². The average molecular weight is 224 g/mol. The molecule has 1 unspecified atom stereocenters. The number of amides is 2. The third-order valence-corrected chi connectivity index (χ3v) is 2.31. The van der Waals surface area contributed by atoms with Crippen molar-refractivity contribution in [2.75, 3.05) is 12.3 Å². The van der Waals surface area contributed by atoms with E-state index in [4.69, 9.17) is 5.73 Å². The van der Waals surface area contributed by atoms with Crippen molar-refractivity contribution in [3.63, 3.8) is 0 Å². The summed E-state index contributed by atoms with van der Waals surface area (Å²) >= 11 is 0. The van der Waals surface area contributed by atoms with Crippen LogP contribution in [0.5, 0.6) is 0 Å². The minimum absolute atomic E-state index is 0.00304. The van der Waals surface area contributed by atoms with Gasteiger partial charge in [-0.3, -0.25) is 14.7 Å². The van der Waals surface area contributed by atoms with Crippen LogP contribution in [0.15, 0.2) is 0 Å². The highest BCUT2D eigenvalue weighted by atomic mass is 16.2. The molecule has 0 spiro atoms. The second-order valence-electron chi connectivity index (χ2n) is 3.56. The Balaban J connectivity index is 1.82. The summed E-state index contributed by atoms with van der Waals surface area (Å²) in [5.74, 6) is -0.269. The molecule has 1 saturated heterocycles. The van der Waals surface area contributed by atoms with Crippen LogP contribution in [0.1, 0.15) is 23.5 Å². The normalized spacial score (nSPS) is 19.5. The second-order valence-corrected chi connectivity index (χ2v) is 3.56. The van der Waals surface area contributed by atoms with E-state index < -0.39 is 0 Å². The summed E-state index contributed by atoms with van der Waals surface area (Å²) in [5, 5.41) is 11.3. The van der Waals surface area contributed by atoms with Crippen LogP contribution in [0.25, 0.3) is 0 Å². The van der Waals surface area contributed by atoms with Crippen LogP contribution >= 0.6 is 0 Å². The number of hydrogen-bond acceptors (Lipinski definition) is 5. The van der Waals surface area contributed by atoms with E-state index in [1.165, 1.54) is 0 Å². The van der Waals surface area contributed by atoms with Crippen LogP contribution in [-0.4, -0.2) is 39.6 Å². The van der Waals surface area contributed by atoms with Crippen molar-refractivity contribution in [2.24, 2.45) is 0 Å². The molecule has 5 N–H and O–H groups in total. The van der Waals surface area contributed by atoms with Crippen LogP contribution in [0.4, 0.5) is 5.95 Å². The highest BCUT2D eigenvalue weighted by Crippen LogP contribution is 2.05. The fraction of sp³-hybridized carbons (Fsp3) is 0.500. The van der Waals surface area contributed by atoms with Crippen molar-refractivity contribution in [1.29, 1.82) is 0 Å². The maximum atomic E-state index is 11.5. The lowest BCUT2D eigenvalue weighted by Gasteiger charge is -2.09. The fourth-order valence-electron chi connectivity index (χ4n) is 1.51. The molecular weight excluding hydrogens is 212 g/mol. The molecule has 8 nitrogen and oxygen atoms in total. The molecule has 2 amide bonds. The molecule has 8 heteroatoms. The first kappa shape index (κ1) is 10.4. The molecule has 0 aromatic carbocycles. The number of hydrogen-bond donors (Lipinski definition) is 4. The van der Waals surface area contributed by atoms with E-state index in [0.29, 0.717) is 13.0 Å². The van der Waals surface area contributed by atoms with Gasteiger partial charge in [0.15, 0.2) is 0 Å². The van der Waals surface area contributed by atoms with E-state index in [-0.39, 0.29) is 29.6 Å². The van der Waals surface area contributed by atoms with Crippen molar-refractivity contribution < 1.29 is 9.59 Å². The Morgan fingerprint density at radius 3 is 3.00 bits per heavy atom. The number of carbonyl (C=O) groups is 2. The van der Waals surface area contributed by atoms with E-state index in [1.807, 2.05) is 0 Å². The molecule has 1 aromatic heterocycles. The first-order valence-electron chi connectivity index (χ1n) is 4.90. The first-order chi connectivity index (χ1) is 7.65. The lowest BCUT2D eigenvalue weighted by molar-refractivity contribution is -0.119. The maximum Gasteiger partial charge on any atom is 0.288 e. The van der Waals surface area contributed by atoms with E-state index in [0.717, 1.165) is 6.42 Å². The number of nitrogens with zero attached hydrogens (tertiary/aromatic N) is 2. The predicted molar refractivity (Wildman–Crippen MR) is 54.3 cm³/mol. The topological polar surface area (TPSA) is 126 Å². The molecule has 0 bridgehead atoms. The largest absolute Gasteiger partial charge is 0.366 e. The van der Waals surface area contributed by atoms with E-state index in [2.05, 4.69) is 25.8 Å². The number of rotatable bonds is 3. The summed E-state index contributed by atoms with van der Waals surface area (Å²) in [4.78, 5) is 26.1. The molecule has 0 aliphatic carbocycles. The Labute approximate surface area is 91.0 Å². The summed E-state index contributed by atoms with van der Waals surface area (Å²) in [7, 11) is 0. The van der Waals surface area contributed by atoms with Crippen LogP contribution in [0.2, 0.25) is 0 Å². The molecule has 16 heavy (non-hydrogen) atoms. The first-order valence-corrected chi connectivity index (χ1v) is 4.90. The Hall–Kier alpha value is -2.12. The molecular formula is C8H12N6O2. The van der Waals surface area contributed by atoms with E-state index in [9.17, 15) is 9.59 Å². The number of nitrogens with two attached hydrogens (primary N) is 1. The third kappa shape index (κ3) is 2.27. The number of nitrogens with one attached hydrogen (secondary N) is 3. The zero-order valence-corrected chi connectivity index (χ0v) is 8.49. The summed E-state index contributed by atoms with van der Waals surface area (Å²) < 4.78 is 0. The fourth-order valence-corrected chi connectivity index (χ4v) is 1.51. The van der Waals surface area contributed by atoms with Crippen LogP contribution < -0.4 is 16.4 Å². The van der Waals surface area contributed by atoms with Gasteiger partial charge in [0.25, 0.3) is 5.91 Å². The molecule has 1 aliphatic rings. The lowest BCUT2D eigenvalue weighted by Crippen LogP contribution is -2.38. The molecule has 86 valence electrons. The van der Waals surface area contributed by atoms with E-state index in [1.54, 1.807) is 0 Å². The van der Waals surface area contributed by atoms with Crippen molar-refractivity contribution in [1.82, 2.24) is 25.8 Å².